The third-order valence-corrected chi connectivity index (χ3v) is 4.83. The van der Waals surface area contributed by atoms with Crippen molar-refractivity contribution in [2.24, 2.45) is 0 Å². The number of ether oxygens (including phenoxy) is 3. The van der Waals surface area contributed by atoms with Crippen molar-refractivity contribution in [2.75, 3.05) is 13.7 Å². The van der Waals surface area contributed by atoms with Crippen LogP contribution in [0.3, 0.4) is 0 Å². The number of carbonyl (C=O) groups is 1. The highest BCUT2D eigenvalue weighted by atomic mass is 16.6. The normalized spacial score (nSPS) is 11.0. The zero-order valence-corrected chi connectivity index (χ0v) is 16.6. The lowest BCUT2D eigenvalue weighted by Crippen LogP contribution is -2.12. The smallest absolute Gasteiger partial charge is 0.343 e. The minimum absolute atomic E-state index is 0.174. The number of furan rings is 1. The van der Waals surface area contributed by atoms with Crippen molar-refractivity contribution >= 4 is 16.9 Å². The largest absolute Gasteiger partial charge is 0.478 e. The molecule has 0 radical (unpaired) electrons. The number of hydrogen-bond donors (Lipinski definition) is 0. The second-order valence-electron chi connectivity index (χ2n) is 6.77. The van der Waals surface area contributed by atoms with E-state index in [4.69, 9.17) is 13.9 Å². The molecule has 5 heteroatoms. The van der Waals surface area contributed by atoms with Crippen LogP contribution < -0.4 is 4.74 Å². The van der Waals surface area contributed by atoms with Crippen LogP contribution in [-0.2, 0) is 20.9 Å². The maximum atomic E-state index is 11.4. The van der Waals surface area contributed by atoms with Gasteiger partial charge in [-0.3, -0.25) is 0 Å². The van der Waals surface area contributed by atoms with E-state index in [9.17, 15) is 4.79 Å². The summed E-state index contributed by atoms with van der Waals surface area (Å²) in [7, 11) is 1.32. The Kier molecular flexibility index (Phi) is 6.11. The zero-order valence-electron chi connectivity index (χ0n) is 16.6. The number of fused-ring (bicyclic) bond motifs is 1. The van der Waals surface area contributed by atoms with Crippen LogP contribution >= 0.6 is 0 Å². The predicted molar refractivity (Wildman–Crippen MR) is 113 cm³/mol. The molecular formula is C25H22O5. The van der Waals surface area contributed by atoms with Crippen LogP contribution in [-0.4, -0.2) is 19.7 Å². The van der Waals surface area contributed by atoms with Gasteiger partial charge in [-0.05, 0) is 17.2 Å². The fraction of sp³-hybridized carbons (Fsp3) is 0.160. The van der Waals surface area contributed by atoms with Crippen molar-refractivity contribution in [2.45, 2.75) is 12.7 Å². The predicted octanol–water partition coefficient (Wildman–Crippen LogP) is 5.29. The Bertz CT molecular complexity index is 1060. The molecule has 0 unspecified atom stereocenters. The Balaban J connectivity index is 1.56. The summed E-state index contributed by atoms with van der Waals surface area (Å²) in [5.41, 5.74) is 3.65. The van der Waals surface area contributed by atoms with Crippen molar-refractivity contribution in [3.63, 3.8) is 0 Å². The molecule has 0 aliphatic rings. The first-order valence-electron chi connectivity index (χ1n) is 9.66. The second-order valence-corrected chi connectivity index (χ2v) is 6.77. The maximum Gasteiger partial charge on any atom is 0.343 e. The van der Waals surface area contributed by atoms with E-state index in [0.29, 0.717) is 17.9 Å². The van der Waals surface area contributed by atoms with Crippen LogP contribution in [0.4, 0.5) is 0 Å². The lowest BCUT2D eigenvalue weighted by molar-refractivity contribution is -0.142. The van der Waals surface area contributed by atoms with Crippen LogP contribution in [0.1, 0.15) is 22.8 Å². The first kappa shape index (κ1) is 19.7. The number of methoxy groups -OCH3 is 1. The molecule has 0 aliphatic carbocycles. The van der Waals surface area contributed by atoms with E-state index in [1.165, 1.54) is 7.11 Å². The molecule has 0 fully saturated rings. The van der Waals surface area contributed by atoms with E-state index < -0.39 is 5.97 Å². The van der Waals surface area contributed by atoms with Crippen molar-refractivity contribution in [1.82, 2.24) is 0 Å². The Hall–Kier alpha value is -3.57. The summed E-state index contributed by atoms with van der Waals surface area (Å²) in [5.74, 6) is 0.0440. The van der Waals surface area contributed by atoms with Gasteiger partial charge >= 0.3 is 5.97 Å². The van der Waals surface area contributed by atoms with E-state index in [2.05, 4.69) is 29.0 Å². The van der Waals surface area contributed by atoms with E-state index in [0.717, 1.165) is 22.1 Å². The Morgan fingerprint density at radius 3 is 2.20 bits per heavy atom. The molecule has 0 spiro atoms. The molecule has 4 aromatic rings. The first-order valence-corrected chi connectivity index (χ1v) is 9.66. The third-order valence-electron chi connectivity index (χ3n) is 4.83. The van der Waals surface area contributed by atoms with Gasteiger partial charge in [0.1, 0.15) is 6.10 Å². The molecule has 1 aromatic heterocycles. The molecule has 1 heterocycles. The molecule has 0 saturated heterocycles. The highest BCUT2D eigenvalue weighted by Crippen LogP contribution is 2.32. The topological polar surface area (TPSA) is 57.9 Å². The summed E-state index contributed by atoms with van der Waals surface area (Å²) >= 11 is 0. The lowest BCUT2D eigenvalue weighted by atomic mass is 10.0. The summed E-state index contributed by atoms with van der Waals surface area (Å²) in [4.78, 5) is 11.4. The number of para-hydroxylation sites is 1. The summed E-state index contributed by atoms with van der Waals surface area (Å²) in [6, 6.07) is 25.8. The Morgan fingerprint density at radius 2 is 1.57 bits per heavy atom. The van der Waals surface area contributed by atoms with Crippen molar-refractivity contribution in [3.05, 3.63) is 102 Å². The van der Waals surface area contributed by atoms with E-state index in [1.807, 2.05) is 48.5 Å². The van der Waals surface area contributed by atoms with Gasteiger partial charge in [-0.15, -0.1) is 0 Å². The van der Waals surface area contributed by atoms with Gasteiger partial charge in [0.05, 0.1) is 20.0 Å². The SMILES string of the molecule is COC(=O)COc1cccc2c(COC(c3ccccc3)c3ccccc3)coc12. The van der Waals surface area contributed by atoms with Crippen LogP contribution in [0, 0.1) is 0 Å². The van der Waals surface area contributed by atoms with Crippen LogP contribution in [0.25, 0.3) is 11.0 Å². The van der Waals surface area contributed by atoms with E-state index in [1.54, 1.807) is 12.3 Å². The number of benzene rings is 3. The van der Waals surface area contributed by atoms with Gasteiger partial charge in [0.2, 0.25) is 0 Å². The fourth-order valence-electron chi connectivity index (χ4n) is 3.32. The average molecular weight is 402 g/mol. The van der Waals surface area contributed by atoms with Crippen molar-refractivity contribution in [1.29, 1.82) is 0 Å². The summed E-state index contributed by atoms with van der Waals surface area (Å²) in [6.45, 7) is 0.189. The molecule has 0 saturated carbocycles. The fourth-order valence-corrected chi connectivity index (χ4v) is 3.32. The maximum absolute atomic E-state index is 11.4. The van der Waals surface area contributed by atoms with Crippen LogP contribution in [0.5, 0.6) is 5.75 Å². The van der Waals surface area contributed by atoms with Gasteiger partial charge in [0.15, 0.2) is 17.9 Å². The molecule has 0 N–H and O–H groups in total. The molecule has 152 valence electrons. The molecular weight excluding hydrogens is 380 g/mol. The second kappa shape index (κ2) is 9.29. The summed E-state index contributed by atoms with van der Waals surface area (Å²) in [5, 5.41) is 0.886. The van der Waals surface area contributed by atoms with Crippen LogP contribution in [0.15, 0.2) is 89.5 Å². The highest BCUT2D eigenvalue weighted by Gasteiger charge is 2.17. The summed E-state index contributed by atoms with van der Waals surface area (Å²) in [6.07, 6.45) is 1.47. The quantitative estimate of drug-likeness (QED) is 0.375. The number of hydrogen-bond acceptors (Lipinski definition) is 5. The first-order chi connectivity index (χ1) is 14.8. The van der Waals surface area contributed by atoms with Gasteiger partial charge in [-0.25, -0.2) is 4.79 Å². The van der Waals surface area contributed by atoms with E-state index >= 15 is 0 Å². The Morgan fingerprint density at radius 1 is 0.900 bits per heavy atom. The molecule has 4 rings (SSSR count). The minimum Gasteiger partial charge on any atom is -0.478 e. The standard InChI is InChI=1S/C25H22O5/c1-27-23(26)17-28-22-14-8-13-21-20(16-30-25(21)22)15-29-24(18-9-4-2-5-10-18)19-11-6-3-7-12-19/h2-14,16,24H,15,17H2,1H3. The summed E-state index contributed by atoms with van der Waals surface area (Å²) < 4.78 is 22.2. The molecule has 3 aromatic carbocycles. The van der Waals surface area contributed by atoms with Crippen molar-refractivity contribution in [3.8, 4) is 5.75 Å². The van der Waals surface area contributed by atoms with Gasteiger partial charge in [-0.1, -0.05) is 72.8 Å². The molecule has 0 atom stereocenters. The molecule has 5 nitrogen and oxygen atoms in total. The van der Waals surface area contributed by atoms with Gasteiger partial charge in [-0.2, -0.15) is 0 Å². The lowest BCUT2D eigenvalue weighted by Gasteiger charge is -2.18. The van der Waals surface area contributed by atoms with Crippen molar-refractivity contribution < 1.29 is 23.4 Å². The third kappa shape index (κ3) is 4.36. The number of esters is 1. The monoisotopic (exact) mass is 402 g/mol. The zero-order chi connectivity index (χ0) is 20.8. The Labute approximate surface area is 174 Å². The number of carbonyl (C=O) groups excluding carboxylic acids is 1. The van der Waals surface area contributed by atoms with Gasteiger partial charge < -0.3 is 18.6 Å². The van der Waals surface area contributed by atoms with Crippen LogP contribution in [0.2, 0.25) is 0 Å². The molecule has 0 aliphatic heterocycles. The van der Waals surface area contributed by atoms with Gasteiger partial charge in [0, 0.05) is 10.9 Å². The van der Waals surface area contributed by atoms with E-state index in [-0.39, 0.29) is 12.7 Å². The average Bonchev–Trinajstić information content (AvgIpc) is 3.23. The molecule has 0 amide bonds. The minimum atomic E-state index is -0.448. The molecule has 0 bridgehead atoms. The molecule has 30 heavy (non-hydrogen) atoms. The van der Waals surface area contributed by atoms with Gasteiger partial charge in [0.25, 0.3) is 0 Å². The highest BCUT2D eigenvalue weighted by molar-refractivity contribution is 5.86. The number of rotatable bonds is 8.